The van der Waals surface area contributed by atoms with E-state index in [1.54, 1.807) is 12.1 Å². The van der Waals surface area contributed by atoms with E-state index in [4.69, 9.17) is 0 Å². The van der Waals surface area contributed by atoms with Crippen molar-refractivity contribution in [2.45, 2.75) is 6.92 Å². The van der Waals surface area contributed by atoms with Gasteiger partial charge in [-0.15, -0.1) is 0 Å². The van der Waals surface area contributed by atoms with Crippen LogP contribution in [0.4, 0.5) is 10.1 Å². The Bertz CT molecular complexity index is 686. The summed E-state index contributed by atoms with van der Waals surface area (Å²) in [5.41, 5.74) is 4.64. The summed E-state index contributed by atoms with van der Waals surface area (Å²) >= 11 is 3.17. The molecule has 22 heavy (non-hydrogen) atoms. The first kappa shape index (κ1) is 16.2. The Labute approximate surface area is 136 Å². The molecule has 0 radical (unpaired) electrons. The van der Waals surface area contributed by atoms with Gasteiger partial charge in [0.25, 0.3) is 5.91 Å². The van der Waals surface area contributed by atoms with Gasteiger partial charge in [0.2, 0.25) is 0 Å². The van der Waals surface area contributed by atoms with Crippen LogP contribution in [0.3, 0.4) is 0 Å². The zero-order valence-electron chi connectivity index (χ0n) is 11.9. The van der Waals surface area contributed by atoms with Crippen molar-refractivity contribution in [1.29, 1.82) is 0 Å². The molecule has 0 aliphatic rings. The molecule has 0 aliphatic heterocycles. The van der Waals surface area contributed by atoms with Crippen molar-refractivity contribution in [3.8, 4) is 0 Å². The number of nitrogens with zero attached hydrogens (tertiary/aromatic N) is 1. The lowest BCUT2D eigenvalue weighted by atomic mass is 10.2. The van der Waals surface area contributed by atoms with Gasteiger partial charge in [-0.25, -0.2) is 9.82 Å². The zero-order chi connectivity index (χ0) is 15.9. The van der Waals surface area contributed by atoms with E-state index >= 15 is 0 Å². The highest BCUT2D eigenvalue weighted by Gasteiger charge is 2.01. The minimum absolute atomic E-state index is 0.0865. The summed E-state index contributed by atoms with van der Waals surface area (Å²) in [6, 6.07) is 12.3. The molecule has 0 aliphatic carbocycles. The number of nitrogens with one attached hydrogen (secondary N) is 2. The fourth-order valence-electron chi connectivity index (χ4n) is 1.67. The highest BCUT2D eigenvalue weighted by Crippen LogP contribution is 2.13. The second-order valence-electron chi connectivity index (χ2n) is 4.68. The van der Waals surface area contributed by atoms with E-state index in [-0.39, 0.29) is 12.5 Å². The van der Waals surface area contributed by atoms with Gasteiger partial charge >= 0.3 is 0 Å². The molecule has 114 valence electrons. The Hall–Kier alpha value is -2.21. The van der Waals surface area contributed by atoms with Crippen LogP contribution in [0.1, 0.15) is 11.1 Å². The number of benzene rings is 2. The third-order valence-corrected chi connectivity index (χ3v) is 3.35. The van der Waals surface area contributed by atoms with Crippen LogP contribution in [0.2, 0.25) is 0 Å². The second-order valence-corrected chi connectivity index (χ2v) is 5.59. The van der Waals surface area contributed by atoms with Crippen LogP contribution in [-0.4, -0.2) is 18.7 Å². The van der Waals surface area contributed by atoms with E-state index in [1.165, 1.54) is 12.3 Å². The molecule has 0 aromatic heterocycles. The Morgan fingerprint density at radius 3 is 2.68 bits per heavy atom. The molecule has 0 bridgehead atoms. The Balaban J connectivity index is 1.82. The molecular weight excluding hydrogens is 349 g/mol. The first-order valence-electron chi connectivity index (χ1n) is 6.62. The molecule has 1 amide bonds. The number of hydrazone groups is 1. The van der Waals surface area contributed by atoms with Gasteiger partial charge < -0.3 is 5.32 Å². The lowest BCUT2D eigenvalue weighted by Crippen LogP contribution is -2.25. The largest absolute Gasteiger partial charge is 0.376 e. The van der Waals surface area contributed by atoms with Crippen molar-refractivity contribution in [3.63, 3.8) is 0 Å². The van der Waals surface area contributed by atoms with Gasteiger partial charge in [0, 0.05) is 15.7 Å². The van der Waals surface area contributed by atoms with E-state index < -0.39 is 5.82 Å². The van der Waals surface area contributed by atoms with Gasteiger partial charge in [0.05, 0.1) is 12.8 Å². The second kappa shape index (κ2) is 7.70. The SMILES string of the molecule is Cc1ccc(NCC(=O)N/N=C\c2ccc(Br)cc2F)cc1. The first-order valence-corrected chi connectivity index (χ1v) is 7.41. The zero-order valence-corrected chi connectivity index (χ0v) is 13.5. The third-order valence-electron chi connectivity index (χ3n) is 2.86. The normalized spacial score (nSPS) is 10.7. The number of amides is 1. The van der Waals surface area contributed by atoms with Crippen LogP contribution in [0.5, 0.6) is 0 Å². The maximum atomic E-state index is 13.5. The van der Waals surface area contributed by atoms with E-state index in [1.807, 2.05) is 31.2 Å². The van der Waals surface area contributed by atoms with Crippen LogP contribution < -0.4 is 10.7 Å². The molecule has 2 aromatic rings. The third kappa shape index (κ3) is 4.96. The van der Waals surface area contributed by atoms with Crippen LogP contribution >= 0.6 is 15.9 Å². The van der Waals surface area contributed by atoms with Crippen molar-refractivity contribution in [2.24, 2.45) is 5.10 Å². The minimum atomic E-state index is -0.412. The van der Waals surface area contributed by atoms with E-state index in [0.717, 1.165) is 11.3 Å². The van der Waals surface area contributed by atoms with Crippen molar-refractivity contribution < 1.29 is 9.18 Å². The summed E-state index contributed by atoms with van der Waals surface area (Å²) < 4.78 is 14.2. The molecule has 0 saturated carbocycles. The van der Waals surface area contributed by atoms with Crippen molar-refractivity contribution in [3.05, 3.63) is 63.9 Å². The maximum Gasteiger partial charge on any atom is 0.259 e. The smallest absolute Gasteiger partial charge is 0.259 e. The highest BCUT2D eigenvalue weighted by molar-refractivity contribution is 9.10. The number of hydrogen-bond acceptors (Lipinski definition) is 3. The summed E-state index contributed by atoms with van der Waals surface area (Å²) in [5, 5.41) is 6.71. The fraction of sp³-hybridized carbons (Fsp3) is 0.125. The Morgan fingerprint density at radius 2 is 2.00 bits per heavy atom. The summed E-state index contributed by atoms with van der Waals surface area (Å²) in [5.74, 6) is -0.723. The molecule has 2 aromatic carbocycles. The van der Waals surface area contributed by atoms with Gasteiger partial charge in [-0.1, -0.05) is 33.6 Å². The van der Waals surface area contributed by atoms with Crippen LogP contribution in [-0.2, 0) is 4.79 Å². The molecule has 4 nitrogen and oxygen atoms in total. The predicted molar refractivity (Wildman–Crippen MR) is 89.5 cm³/mol. The van der Waals surface area contributed by atoms with Gasteiger partial charge in [0.15, 0.2) is 0 Å². The molecule has 0 heterocycles. The molecule has 0 saturated heterocycles. The summed E-state index contributed by atoms with van der Waals surface area (Å²) in [4.78, 5) is 11.6. The summed E-state index contributed by atoms with van der Waals surface area (Å²) in [6.07, 6.45) is 1.27. The molecule has 0 spiro atoms. The number of aryl methyl sites for hydroxylation is 1. The number of carbonyl (C=O) groups is 1. The monoisotopic (exact) mass is 363 g/mol. The highest BCUT2D eigenvalue weighted by atomic mass is 79.9. The van der Waals surface area contributed by atoms with Crippen LogP contribution in [0.15, 0.2) is 52.0 Å². The number of hydrogen-bond donors (Lipinski definition) is 2. The van der Waals surface area contributed by atoms with Crippen molar-refractivity contribution in [2.75, 3.05) is 11.9 Å². The lowest BCUT2D eigenvalue weighted by Gasteiger charge is -2.05. The lowest BCUT2D eigenvalue weighted by molar-refractivity contribution is -0.119. The predicted octanol–water partition coefficient (Wildman–Crippen LogP) is 3.46. The molecule has 2 N–H and O–H groups in total. The number of halogens is 2. The molecule has 2 rings (SSSR count). The van der Waals surface area contributed by atoms with Gasteiger partial charge in [0.1, 0.15) is 5.82 Å². The van der Waals surface area contributed by atoms with Gasteiger partial charge in [-0.2, -0.15) is 5.10 Å². The minimum Gasteiger partial charge on any atom is -0.376 e. The Kier molecular flexibility index (Phi) is 5.66. The average Bonchev–Trinajstić information content (AvgIpc) is 2.49. The number of anilines is 1. The maximum absolute atomic E-state index is 13.5. The first-order chi connectivity index (χ1) is 10.5. The van der Waals surface area contributed by atoms with Crippen molar-refractivity contribution >= 4 is 33.7 Å². The van der Waals surface area contributed by atoms with Gasteiger partial charge in [-0.3, -0.25) is 4.79 Å². The van der Waals surface area contributed by atoms with Crippen LogP contribution in [0.25, 0.3) is 0 Å². The van der Waals surface area contributed by atoms with E-state index in [9.17, 15) is 9.18 Å². The van der Waals surface area contributed by atoms with Crippen molar-refractivity contribution in [1.82, 2.24) is 5.43 Å². The molecule has 0 fully saturated rings. The quantitative estimate of drug-likeness (QED) is 0.631. The number of carbonyl (C=O) groups excluding carboxylic acids is 1. The standard InChI is InChI=1S/C16H15BrFN3O/c1-11-2-6-14(7-3-11)19-10-16(22)21-20-9-12-4-5-13(17)8-15(12)18/h2-9,19H,10H2,1H3,(H,21,22)/b20-9-. The van der Waals surface area contributed by atoms with Gasteiger partial charge in [-0.05, 0) is 37.3 Å². The molecule has 0 atom stereocenters. The van der Waals surface area contributed by atoms with Crippen LogP contribution in [0, 0.1) is 12.7 Å². The average molecular weight is 364 g/mol. The van der Waals surface area contributed by atoms with E-state index in [0.29, 0.717) is 10.0 Å². The topological polar surface area (TPSA) is 53.5 Å². The molecule has 0 unspecified atom stereocenters. The van der Waals surface area contributed by atoms with E-state index in [2.05, 4.69) is 31.8 Å². The summed E-state index contributed by atoms with van der Waals surface area (Å²) in [7, 11) is 0. The Morgan fingerprint density at radius 1 is 1.27 bits per heavy atom. The summed E-state index contributed by atoms with van der Waals surface area (Å²) in [6.45, 7) is 2.08. The number of rotatable bonds is 5. The molecule has 6 heteroatoms. The fourth-order valence-corrected chi connectivity index (χ4v) is 2.01. The molecular formula is C16H15BrFN3O.